The van der Waals surface area contributed by atoms with Crippen LogP contribution in [0.1, 0.15) is 59.4 Å². The second-order valence-electron chi connectivity index (χ2n) is 9.45. The number of Topliss-reactive ketones (excluding diaryl/α,β-unsaturated/α-hetero) is 1. The zero-order valence-electron chi connectivity index (χ0n) is 21.9. The molecule has 1 unspecified atom stereocenters. The van der Waals surface area contributed by atoms with Gasteiger partial charge in [-0.15, -0.1) is 0 Å². The summed E-state index contributed by atoms with van der Waals surface area (Å²) < 4.78 is 10.7. The number of benzene rings is 3. The van der Waals surface area contributed by atoms with Crippen molar-refractivity contribution in [3.63, 3.8) is 0 Å². The number of aryl methyl sites for hydroxylation is 1. The van der Waals surface area contributed by atoms with E-state index in [2.05, 4.69) is 0 Å². The number of ketones is 1. The van der Waals surface area contributed by atoms with Crippen molar-refractivity contribution in [2.45, 2.75) is 46.4 Å². The zero-order chi connectivity index (χ0) is 27.4. The van der Waals surface area contributed by atoms with Crippen LogP contribution in [0.15, 0.2) is 78.4 Å². The van der Waals surface area contributed by atoms with Gasteiger partial charge in [0.2, 0.25) is 0 Å². The third-order valence-corrected chi connectivity index (χ3v) is 6.22. The first-order valence-electron chi connectivity index (χ1n) is 12.6. The van der Waals surface area contributed by atoms with Crippen molar-refractivity contribution in [1.29, 1.82) is 0 Å². The van der Waals surface area contributed by atoms with Crippen molar-refractivity contribution < 1.29 is 29.0 Å². The Bertz CT molecular complexity index is 1370. The Morgan fingerprint density at radius 3 is 2.24 bits per heavy atom. The summed E-state index contributed by atoms with van der Waals surface area (Å²) >= 11 is 0. The first-order chi connectivity index (χ1) is 18.2. The van der Waals surface area contributed by atoms with E-state index < -0.39 is 23.7 Å². The van der Waals surface area contributed by atoms with Gasteiger partial charge in [0, 0.05) is 12.1 Å². The summed E-state index contributed by atoms with van der Waals surface area (Å²) in [5, 5.41) is 11.3. The highest BCUT2D eigenvalue weighted by molar-refractivity contribution is 6.46. The number of likely N-dealkylation sites (tertiary alicyclic amines) is 1. The Kier molecular flexibility index (Phi) is 7.96. The molecular weight excluding hydrogens is 482 g/mol. The smallest absolute Gasteiger partial charge is 0.338 e. The number of aliphatic hydroxyl groups is 1. The topological polar surface area (TPSA) is 93.1 Å². The van der Waals surface area contributed by atoms with E-state index in [4.69, 9.17) is 9.47 Å². The molecule has 1 fully saturated rings. The van der Waals surface area contributed by atoms with E-state index in [-0.39, 0.29) is 24.0 Å². The van der Waals surface area contributed by atoms with Gasteiger partial charge in [-0.25, -0.2) is 4.79 Å². The largest absolute Gasteiger partial charge is 0.507 e. The van der Waals surface area contributed by atoms with Gasteiger partial charge in [-0.2, -0.15) is 0 Å². The zero-order valence-corrected chi connectivity index (χ0v) is 21.9. The van der Waals surface area contributed by atoms with Gasteiger partial charge < -0.3 is 19.5 Å². The Balaban J connectivity index is 1.73. The second kappa shape index (κ2) is 11.3. The number of amides is 1. The monoisotopic (exact) mass is 513 g/mol. The first kappa shape index (κ1) is 26.7. The molecule has 4 rings (SSSR count). The molecule has 0 saturated carbocycles. The normalized spacial score (nSPS) is 16.7. The second-order valence-corrected chi connectivity index (χ2v) is 9.45. The van der Waals surface area contributed by atoms with Gasteiger partial charge in [-0.05, 0) is 75.2 Å². The molecule has 1 atom stereocenters. The van der Waals surface area contributed by atoms with Gasteiger partial charge in [-0.3, -0.25) is 9.59 Å². The van der Waals surface area contributed by atoms with Gasteiger partial charge in [0.15, 0.2) is 0 Å². The molecule has 1 amide bonds. The Hall–Kier alpha value is -4.39. The van der Waals surface area contributed by atoms with E-state index in [0.29, 0.717) is 29.0 Å². The van der Waals surface area contributed by atoms with Crippen LogP contribution < -0.4 is 4.74 Å². The Morgan fingerprint density at radius 2 is 1.63 bits per heavy atom. The quantitative estimate of drug-likeness (QED) is 0.183. The molecule has 0 bridgehead atoms. The SMILES string of the molecule is CCOc1ccc(/C(O)=C2\C(=O)C(=O)N(Cc3ccc(C(=O)OC(C)C)cc3)C2c2cccc(C)c2)cc1. The van der Waals surface area contributed by atoms with E-state index in [1.165, 1.54) is 4.90 Å². The maximum atomic E-state index is 13.3. The fraction of sp³-hybridized carbons (Fsp3) is 0.258. The molecule has 1 aliphatic heterocycles. The number of ether oxygens (including phenoxy) is 2. The molecule has 1 aliphatic rings. The molecule has 0 radical (unpaired) electrons. The lowest BCUT2D eigenvalue weighted by molar-refractivity contribution is -0.140. The Labute approximate surface area is 222 Å². The van der Waals surface area contributed by atoms with Crippen LogP contribution in [0.4, 0.5) is 0 Å². The molecular formula is C31H31NO6. The number of hydrogen-bond acceptors (Lipinski definition) is 6. The van der Waals surface area contributed by atoms with Gasteiger partial charge in [0.25, 0.3) is 11.7 Å². The van der Waals surface area contributed by atoms with Crippen molar-refractivity contribution in [3.8, 4) is 5.75 Å². The number of esters is 1. The summed E-state index contributed by atoms with van der Waals surface area (Å²) in [6.45, 7) is 7.98. The first-order valence-corrected chi connectivity index (χ1v) is 12.6. The average Bonchev–Trinajstić information content (AvgIpc) is 3.14. The fourth-order valence-electron chi connectivity index (χ4n) is 4.49. The van der Waals surface area contributed by atoms with E-state index in [0.717, 1.165) is 11.1 Å². The minimum atomic E-state index is -0.785. The minimum absolute atomic E-state index is 0.0295. The molecule has 196 valence electrons. The standard InChI is InChI=1S/C31H31NO6/c1-5-37-25-15-13-22(14-16-25)28(33)26-27(24-8-6-7-20(4)17-24)32(30(35)29(26)34)18-21-9-11-23(12-10-21)31(36)38-19(2)3/h6-17,19,27,33H,5,18H2,1-4H3/b28-26+. The highest BCUT2D eigenvalue weighted by atomic mass is 16.5. The van der Waals surface area contributed by atoms with E-state index in [1.807, 2.05) is 38.1 Å². The third kappa shape index (κ3) is 5.62. The van der Waals surface area contributed by atoms with Crippen molar-refractivity contribution in [1.82, 2.24) is 4.90 Å². The number of carbonyl (C=O) groups excluding carboxylic acids is 3. The molecule has 1 heterocycles. The summed E-state index contributed by atoms with van der Waals surface area (Å²) in [6, 6.07) is 20.2. The number of rotatable bonds is 8. The molecule has 38 heavy (non-hydrogen) atoms. The van der Waals surface area contributed by atoms with Crippen LogP contribution >= 0.6 is 0 Å². The van der Waals surface area contributed by atoms with Crippen LogP contribution in [0.5, 0.6) is 5.75 Å². The van der Waals surface area contributed by atoms with Crippen LogP contribution in [0.25, 0.3) is 5.76 Å². The summed E-state index contributed by atoms with van der Waals surface area (Å²) in [6.07, 6.45) is -0.237. The van der Waals surface area contributed by atoms with Gasteiger partial charge in [0.05, 0.1) is 29.9 Å². The highest BCUT2D eigenvalue weighted by Crippen LogP contribution is 2.40. The molecule has 3 aromatic rings. The Morgan fingerprint density at radius 1 is 0.974 bits per heavy atom. The van der Waals surface area contributed by atoms with E-state index in [1.54, 1.807) is 62.4 Å². The summed E-state index contributed by atoms with van der Waals surface area (Å²) in [5.41, 5.74) is 3.25. The number of nitrogens with zero attached hydrogens (tertiary/aromatic N) is 1. The number of aliphatic hydroxyl groups excluding tert-OH is 1. The predicted molar refractivity (Wildman–Crippen MR) is 144 cm³/mol. The number of hydrogen-bond donors (Lipinski definition) is 1. The predicted octanol–water partition coefficient (Wildman–Crippen LogP) is 5.58. The molecule has 1 N–H and O–H groups in total. The molecule has 0 spiro atoms. The summed E-state index contributed by atoms with van der Waals surface area (Å²) in [5.74, 6) is -1.48. The molecule has 7 heteroatoms. The van der Waals surface area contributed by atoms with Crippen LogP contribution in [0, 0.1) is 6.92 Å². The molecule has 7 nitrogen and oxygen atoms in total. The maximum Gasteiger partial charge on any atom is 0.338 e. The van der Waals surface area contributed by atoms with Crippen molar-refractivity contribution in [3.05, 3.63) is 106 Å². The molecule has 0 aliphatic carbocycles. The van der Waals surface area contributed by atoms with Gasteiger partial charge in [0.1, 0.15) is 11.5 Å². The van der Waals surface area contributed by atoms with Crippen molar-refractivity contribution in [2.75, 3.05) is 6.61 Å². The fourth-order valence-corrected chi connectivity index (χ4v) is 4.49. The maximum absolute atomic E-state index is 13.3. The summed E-state index contributed by atoms with van der Waals surface area (Å²) in [7, 11) is 0. The minimum Gasteiger partial charge on any atom is -0.507 e. The van der Waals surface area contributed by atoms with Crippen molar-refractivity contribution in [2.24, 2.45) is 0 Å². The van der Waals surface area contributed by atoms with Crippen LogP contribution in [-0.4, -0.2) is 40.4 Å². The lowest BCUT2D eigenvalue weighted by Crippen LogP contribution is -2.29. The molecule has 1 saturated heterocycles. The van der Waals surface area contributed by atoms with E-state index >= 15 is 0 Å². The molecule has 0 aromatic heterocycles. The van der Waals surface area contributed by atoms with Crippen LogP contribution in [0.3, 0.4) is 0 Å². The average molecular weight is 514 g/mol. The van der Waals surface area contributed by atoms with Crippen LogP contribution in [-0.2, 0) is 20.9 Å². The van der Waals surface area contributed by atoms with E-state index in [9.17, 15) is 19.5 Å². The van der Waals surface area contributed by atoms with Gasteiger partial charge in [-0.1, -0.05) is 42.0 Å². The van der Waals surface area contributed by atoms with Crippen molar-refractivity contribution >= 4 is 23.4 Å². The lowest BCUT2D eigenvalue weighted by Gasteiger charge is -2.26. The highest BCUT2D eigenvalue weighted by Gasteiger charge is 2.46. The van der Waals surface area contributed by atoms with Gasteiger partial charge >= 0.3 is 5.97 Å². The van der Waals surface area contributed by atoms with Crippen LogP contribution in [0.2, 0.25) is 0 Å². The lowest BCUT2D eigenvalue weighted by atomic mass is 9.94. The number of carbonyl (C=O) groups is 3. The summed E-state index contributed by atoms with van der Waals surface area (Å²) in [4.78, 5) is 40.3. The third-order valence-electron chi connectivity index (χ3n) is 6.22. The molecule has 3 aromatic carbocycles.